The van der Waals surface area contributed by atoms with Crippen molar-refractivity contribution in [2.24, 2.45) is 11.8 Å². The summed E-state index contributed by atoms with van der Waals surface area (Å²) in [4.78, 5) is 9.37. The van der Waals surface area contributed by atoms with E-state index >= 15 is 0 Å². The molecule has 1 saturated carbocycles. The monoisotopic (exact) mass is 282 g/mol. The van der Waals surface area contributed by atoms with Crippen LogP contribution >= 0.6 is 0 Å². The Bertz CT molecular complexity index is 589. The summed E-state index contributed by atoms with van der Waals surface area (Å²) in [6.07, 6.45) is 4.86. The predicted molar refractivity (Wildman–Crippen MR) is 85.7 cm³/mol. The van der Waals surface area contributed by atoms with Crippen molar-refractivity contribution < 1.29 is 0 Å². The summed E-state index contributed by atoms with van der Waals surface area (Å²) < 4.78 is 0. The lowest BCUT2D eigenvalue weighted by molar-refractivity contribution is 0.340. The summed E-state index contributed by atoms with van der Waals surface area (Å²) in [5.74, 6) is 8.48. The summed E-state index contributed by atoms with van der Waals surface area (Å²) in [6.45, 7) is 2.32. The van der Waals surface area contributed by atoms with Gasteiger partial charge >= 0.3 is 0 Å². The zero-order chi connectivity index (χ0) is 14.7. The Morgan fingerprint density at radius 1 is 1.05 bits per heavy atom. The van der Waals surface area contributed by atoms with Gasteiger partial charge in [0.2, 0.25) is 0 Å². The Balaban J connectivity index is 1.94. The van der Waals surface area contributed by atoms with Gasteiger partial charge in [-0.2, -0.15) is 0 Å². The number of nitrogens with one attached hydrogen (secondary N) is 1. The number of nitrogens with zero attached hydrogens (tertiary/aromatic N) is 2. The van der Waals surface area contributed by atoms with E-state index in [4.69, 9.17) is 10.8 Å². The largest absolute Gasteiger partial charge is 0.308 e. The summed E-state index contributed by atoms with van der Waals surface area (Å²) in [6, 6.07) is 12.1. The highest BCUT2D eigenvalue weighted by Crippen LogP contribution is 2.35. The smallest absolute Gasteiger partial charge is 0.144 e. The molecule has 0 unspecified atom stereocenters. The van der Waals surface area contributed by atoms with E-state index in [0.29, 0.717) is 11.7 Å². The molecule has 3 N–H and O–H groups in total. The second-order valence-corrected chi connectivity index (χ2v) is 5.96. The Morgan fingerprint density at radius 2 is 1.76 bits per heavy atom. The van der Waals surface area contributed by atoms with Gasteiger partial charge in [-0.1, -0.05) is 50.1 Å². The Labute approximate surface area is 125 Å². The van der Waals surface area contributed by atoms with Crippen LogP contribution in [0.3, 0.4) is 0 Å². The first-order valence-corrected chi connectivity index (χ1v) is 7.67. The Kier molecular flexibility index (Phi) is 4.15. The summed E-state index contributed by atoms with van der Waals surface area (Å²) in [5, 5.41) is 0. The molecule has 0 radical (unpaired) electrons. The molecule has 1 aliphatic carbocycles. The minimum Gasteiger partial charge on any atom is -0.308 e. The molecule has 4 heteroatoms. The summed E-state index contributed by atoms with van der Waals surface area (Å²) in [7, 11) is 0. The van der Waals surface area contributed by atoms with Gasteiger partial charge in [0.05, 0.1) is 5.69 Å². The number of aromatic nitrogens is 2. The van der Waals surface area contributed by atoms with Crippen LogP contribution in [0.5, 0.6) is 0 Å². The highest BCUT2D eigenvalue weighted by atomic mass is 15.3. The average Bonchev–Trinajstić information content (AvgIpc) is 2.56. The quantitative estimate of drug-likeness (QED) is 0.665. The normalized spacial score (nSPS) is 22.0. The van der Waals surface area contributed by atoms with Crippen LogP contribution < -0.4 is 11.3 Å². The van der Waals surface area contributed by atoms with Crippen molar-refractivity contribution in [2.45, 2.75) is 38.5 Å². The maximum Gasteiger partial charge on any atom is 0.144 e. The van der Waals surface area contributed by atoms with Crippen LogP contribution in [0.15, 0.2) is 36.4 Å². The van der Waals surface area contributed by atoms with Gasteiger partial charge in [0.15, 0.2) is 0 Å². The van der Waals surface area contributed by atoms with Crippen LogP contribution in [-0.2, 0) is 0 Å². The second kappa shape index (κ2) is 6.22. The van der Waals surface area contributed by atoms with Crippen LogP contribution in [-0.4, -0.2) is 9.97 Å². The lowest BCUT2D eigenvalue weighted by Crippen LogP contribution is -2.16. The number of hydrazine groups is 1. The van der Waals surface area contributed by atoms with Crippen molar-refractivity contribution in [2.75, 3.05) is 5.43 Å². The highest BCUT2D eigenvalue weighted by molar-refractivity contribution is 5.62. The lowest BCUT2D eigenvalue weighted by Gasteiger charge is -2.25. The van der Waals surface area contributed by atoms with E-state index in [1.807, 2.05) is 24.3 Å². The first-order chi connectivity index (χ1) is 10.3. The fourth-order valence-electron chi connectivity index (χ4n) is 3.00. The number of nitrogen functional groups attached to an aromatic ring is 1. The van der Waals surface area contributed by atoms with E-state index in [2.05, 4.69) is 29.5 Å². The number of rotatable bonds is 3. The topological polar surface area (TPSA) is 63.8 Å². The van der Waals surface area contributed by atoms with Gasteiger partial charge in [0, 0.05) is 17.5 Å². The number of benzene rings is 1. The molecule has 0 atom stereocenters. The van der Waals surface area contributed by atoms with Crippen molar-refractivity contribution in [3.8, 4) is 11.3 Å². The molecule has 1 aromatic heterocycles. The molecule has 1 heterocycles. The molecule has 2 aromatic rings. The third kappa shape index (κ3) is 3.22. The van der Waals surface area contributed by atoms with Crippen molar-refractivity contribution in [1.82, 2.24) is 9.97 Å². The summed E-state index contributed by atoms with van der Waals surface area (Å²) >= 11 is 0. The number of hydrogen-bond acceptors (Lipinski definition) is 4. The molecule has 4 nitrogen and oxygen atoms in total. The van der Waals surface area contributed by atoms with Crippen molar-refractivity contribution >= 4 is 5.82 Å². The number of nitrogens with two attached hydrogens (primary N) is 1. The minimum atomic E-state index is 0.456. The van der Waals surface area contributed by atoms with E-state index < -0.39 is 0 Å². The third-order valence-corrected chi connectivity index (χ3v) is 4.34. The van der Waals surface area contributed by atoms with Gasteiger partial charge in [-0.3, -0.25) is 0 Å². The maximum atomic E-state index is 5.58. The molecule has 0 bridgehead atoms. The van der Waals surface area contributed by atoms with Crippen LogP contribution in [0.2, 0.25) is 0 Å². The Morgan fingerprint density at radius 3 is 2.43 bits per heavy atom. The van der Waals surface area contributed by atoms with Crippen LogP contribution in [0.25, 0.3) is 11.3 Å². The van der Waals surface area contributed by atoms with Crippen molar-refractivity contribution in [3.05, 3.63) is 42.2 Å². The molecule has 0 spiro atoms. The van der Waals surface area contributed by atoms with E-state index in [9.17, 15) is 0 Å². The van der Waals surface area contributed by atoms with E-state index in [1.54, 1.807) is 0 Å². The molecular formula is C17H22N4. The van der Waals surface area contributed by atoms with E-state index in [1.165, 1.54) is 25.7 Å². The molecule has 3 rings (SSSR count). The summed E-state index contributed by atoms with van der Waals surface area (Å²) in [5.41, 5.74) is 4.71. The fourth-order valence-corrected chi connectivity index (χ4v) is 3.00. The standard InChI is InChI=1S/C17H22N4/c1-12-7-9-14(10-8-12)17-19-15(11-16(20-17)21-18)13-5-3-2-4-6-13/h2-6,11-12,14H,7-10,18H2,1H3,(H,19,20,21). The van der Waals surface area contributed by atoms with Gasteiger partial charge in [-0.25, -0.2) is 15.8 Å². The van der Waals surface area contributed by atoms with Gasteiger partial charge in [-0.05, 0) is 18.8 Å². The third-order valence-electron chi connectivity index (χ3n) is 4.34. The first kappa shape index (κ1) is 14.0. The predicted octanol–water partition coefficient (Wildman–Crippen LogP) is 3.72. The number of anilines is 1. The lowest BCUT2D eigenvalue weighted by atomic mass is 9.82. The van der Waals surface area contributed by atoms with Crippen LogP contribution in [0, 0.1) is 5.92 Å². The van der Waals surface area contributed by atoms with Crippen molar-refractivity contribution in [3.63, 3.8) is 0 Å². The molecular weight excluding hydrogens is 260 g/mol. The average molecular weight is 282 g/mol. The molecule has 1 aliphatic rings. The molecule has 0 aliphatic heterocycles. The Hall–Kier alpha value is -1.94. The molecule has 21 heavy (non-hydrogen) atoms. The first-order valence-electron chi connectivity index (χ1n) is 7.67. The second-order valence-electron chi connectivity index (χ2n) is 5.96. The molecule has 0 amide bonds. The van der Waals surface area contributed by atoms with Crippen LogP contribution in [0.4, 0.5) is 5.82 Å². The van der Waals surface area contributed by atoms with Gasteiger partial charge in [0.25, 0.3) is 0 Å². The molecule has 1 aromatic carbocycles. The zero-order valence-corrected chi connectivity index (χ0v) is 12.4. The highest BCUT2D eigenvalue weighted by Gasteiger charge is 2.22. The zero-order valence-electron chi connectivity index (χ0n) is 12.4. The molecule has 1 fully saturated rings. The molecule has 110 valence electrons. The maximum absolute atomic E-state index is 5.58. The number of hydrogen-bond donors (Lipinski definition) is 2. The SMILES string of the molecule is CC1CCC(c2nc(NN)cc(-c3ccccc3)n2)CC1. The van der Waals surface area contributed by atoms with E-state index in [0.717, 1.165) is 23.0 Å². The van der Waals surface area contributed by atoms with Crippen LogP contribution in [0.1, 0.15) is 44.3 Å². The van der Waals surface area contributed by atoms with Gasteiger partial charge in [0.1, 0.15) is 11.6 Å². The van der Waals surface area contributed by atoms with Gasteiger partial charge in [-0.15, -0.1) is 0 Å². The van der Waals surface area contributed by atoms with E-state index in [-0.39, 0.29) is 0 Å². The van der Waals surface area contributed by atoms with Gasteiger partial charge < -0.3 is 5.43 Å². The van der Waals surface area contributed by atoms with Crippen molar-refractivity contribution in [1.29, 1.82) is 0 Å². The minimum absolute atomic E-state index is 0.456. The molecule has 0 saturated heterocycles. The fraction of sp³-hybridized carbons (Fsp3) is 0.412.